The van der Waals surface area contributed by atoms with E-state index in [1.165, 1.54) is 0 Å². The van der Waals surface area contributed by atoms with Crippen LogP contribution in [-0.4, -0.2) is 26.7 Å². The van der Waals surface area contributed by atoms with Crippen LogP contribution >= 0.6 is 0 Å². The van der Waals surface area contributed by atoms with Gasteiger partial charge in [0, 0.05) is 11.3 Å². The molecule has 196 valence electrons. The zero-order valence-corrected chi connectivity index (χ0v) is 21.9. The molecule has 0 unspecified atom stereocenters. The first-order valence-electron chi connectivity index (χ1n) is 12.9. The molecule has 1 aromatic heterocycles. The van der Waals surface area contributed by atoms with Gasteiger partial charge in [-0.25, -0.2) is 4.79 Å². The number of carbonyl (C=O) groups is 1. The minimum absolute atomic E-state index is 0.158. The molecule has 8 heteroatoms. The number of tetrazole rings is 1. The Morgan fingerprint density at radius 2 is 1.64 bits per heavy atom. The number of aromatic amines is 1. The molecule has 1 heterocycles. The Morgan fingerprint density at radius 3 is 2.36 bits per heavy atom. The monoisotopic (exact) mass is 518 g/mol. The Bertz CT molecular complexity index is 1520. The third-order valence-electron chi connectivity index (χ3n) is 6.35. The highest BCUT2D eigenvalue weighted by molar-refractivity contribution is 6.01. The third kappa shape index (κ3) is 6.30. The summed E-state index contributed by atoms with van der Waals surface area (Å²) in [4.78, 5) is 13.1. The molecule has 0 aliphatic rings. The zero-order chi connectivity index (χ0) is 27.0. The summed E-state index contributed by atoms with van der Waals surface area (Å²) in [6.45, 7) is 4.14. The topological polar surface area (TPSA) is 105 Å². The summed E-state index contributed by atoms with van der Waals surface area (Å²) >= 11 is 0. The van der Waals surface area contributed by atoms with E-state index in [1.807, 2.05) is 91.9 Å². The van der Waals surface area contributed by atoms with Crippen molar-refractivity contribution in [3.05, 3.63) is 108 Å². The van der Waals surface area contributed by atoms with Gasteiger partial charge in [-0.15, -0.1) is 10.2 Å². The number of nitrogens with one attached hydrogen (secondary N) is 3. The largest absolute Gasteiger partial charge is 0.484 e. The van der Waals surface area contributed by atoms with Gasteiger partial charge in [0.05, 0.1) is 5.69 Å². The molecule has 39 heavy (non-hydrogen) atoms. The quantitative estimate of drug-likeness (QED) is 0.188. The maximum atomic E-state index is 13.1. The van der Waals surface area contributed by atoms with E-state index in [1.54, 1.807) is 0 Å². The fourth-order valence-corrected chi connectivity index (χ4v) is 4.40. The predicted molar refractivity (Wildman–Crippen MR) is 154 cm³/mol. The molecular weight excluding hydrogens is 488 g/mol. The number of ether oxygens (including phenoxy) is 1. The Hall–Kier alpha value is -4.98. The normalized spacial score (nSPS) is 11.5. The van der Waals surface area contributed by atoms with Gasteiger partial charge in [0.15, 0.2) is 0 Å². The van der Waals surface area contributed by atoms with Crippen LogP contribution in [0.1, 0.15) is 37.0 Å². The van der Waals surface area contributed by atoms with Crippen molar-refractivity contribution in [1.82, 2.24) is 20.6 Å². The number of H-pyrrole nitrogens is 1. The SMILES string of the molecule is CCC[C@H](Oc1ccc(-c2ccccc2-c2nn[nH]n2)cc1NC(=O)Nc1ccc(C)cc1)c1ccccc1. The number of carbonyl (C=O) groups excluding carboxylic acids is 1. The van der Waals surface area contributed by atoms with E-state index in [9.17, 15) is 4.79 Å². The van der Waals surface area contributed by atoms with E-state index >= 15 is 0 Å². The van der Waals surface area contributed by atoms with Gasteiger partial charge >= 0.3 is 6.03 Å². The lowest BCUT2D eigenvalue weighted by atomic mass is 9.98. The number of amides is 2. The highest BCUT2D eigenvalue weighted by Crippen LogP contribution is 2.37. The van der Waals surface area contributed by atoms with Crippen molar-refractivity contribution >= 4 is 17.4 Å². The van der Waals surface area contributed by atoms with Gasteiger partial charge < -0.3 is 15.4 Å². The molecule has 0 saturated carbocycles. The van der Waals surface area contributed by atoms with E-state index in [0.29, 0.717) is 22.9 Å². The Morgan fingerprint density at radius 1 is 0.897 bits per heavy atom. The fourth-order valence-electron chi connectivity index (χ4n) is 4.40. The van der Waals surface area contributed by atoms with Gasteiger partial charge in [0.1, 0.15) is 11.9 Å². The van der Waals surface area contributed by atoms with E-state index in [-0.39, 0.29) is 12.1 Å². The van der Waals surface area contributed by atoms with Crippen molar-refractivity contribution in [2.45, 2.75) is 32.8 Å². The second-order valence-corrected chi connectivity index (χ2v) is 9.24. The van der Waals surface area contributed by atoms with Gasteiger partial charge in [-0.3, -0.25) is 0 Å². The summed E-state index contributed by atoms with van der Waals surface area (Å²) in [5.74, 6) is 1.07. The summed E-state index contributed by atoms with van der Waals surface area (Å²) in [5, 5.41) is 20.5. The molecule has 0 saturated heterocycles. The van der Waals surface area contributed by atoms with Gasteiger partial charge in [0.2, 0.25) is 5.82 Å². The second-order valence-electron chi connectivity index (χ2n) is 9.24. The molecule has 4 aromatic carbocycles. The molecule has 3 N–H and O–H groups in total. The van der Waals surface area contributed by atoms with Crippen LogP contribution in [0.2, 0.25) is 0 Å². The standard InChI is InChI=1S/C31H30N6O2/c1-3-9-28(22-10-5-4-6-11-22)39-29-19-16-23(25-12-7-8-13-26(25)30-34-36-37-35-30)20-27(29)33-31(38)32-24-17-14-21(2)15-18-24/h4-8,10-20,28H,3,9H2,1-2H3,(H2,32,33,38)(H,34,35,36,37)/t28-/m0/s1. The van der Waals surface area contributed by atoms with Crippen LogP contribution in [0.5, 0.6) is 5.75 Å². The number of aryl methyl sites for hydroxylation is 1. The molecular formula is C31H30N6O2. The Labute approximate surface area is 227 Å². The Kier molecular flexibility index (Phi) is 7.92. The smallest absolute Gasteiger partial charge is 0.323 e. The van der Waals surface area contributed by atoms with Crippen molar-refractivity contribution < 1.29 is 9.53 Å². The lowest BCUT2D eigenvalue weighted by Gasteiger charge is -2.22. The van der Waals surface area contributed by atoms with Crippen molar-refractivity contribution in [3.8, 4) is 28.3 Å². The van der Waals surface area contributed by atoms with Crippen LogP contribution in [0.15, 0.2) is 97.1 Å². The van der Waals surface area contributed by atoms with Crippen molar-refractivity contribution in [1.29, 1.82) is 0 Å². The molecule has 0 fully saturated rings. The van der Waals surface area contributed by atoms with Gasteiger partial charge in [-0.2, -0.15) is 5.21 Å². The zero-order valence-electron chi connectivity index (χ0n) is 21.9. The molecule has 1 atom stereocenters. The van der Waals surface area contributed by atoms with Crippen LogP contribution in [0.3, 0.4) is 0 Å². The van der Waals surface area contributed by atoms with Crippen molar-refractivity contribution in [3.63, 3.8) is 0 Å². The maximum absolute atomic E-state index is 13.1. The van der Waals surface area contributed by atoms with Crippen LogP contribution < -0.4 is 15.4 Å². The maximum Gasteiger partial charge on any atom is 0.323 e. The molecule has 0 spiro atoms. The molecule has 8 nitrogen and oxygen atoms in total. The average Bonchev–Trinajstić information content (AvgIpc) is 3.50. The fraction of sp³-hybridized carbons (Fsp3) is 0.161. The van der Waals surface area contributed by atoms with E-state index < -0.39 is 0 Å². The lowest BCUT2D eigenvalue weighted by Crippen LogP contribution is -2.20. The van der Waals surface area contributed by atoms with Crippen LogP contribution in [0.4, 0.5) is 16.2 Å². The molecule has 0 aliphatic carbocycles. The number of hydrogen-bond acceptors (Lipinski definition) is 5. The summed E-state index contributed by atoms with van der Waals surface area (Å²) in [6, 6.07) is 31.0. The van der Waals surface area contributed by atoms with Crippen LogP contribution in [0, 0.1) is 6.92 Å². The molecule has 0 radical (unpaired) electrons. The first-order valence-corrected chi connectivity index (χ1v) is 12.9. The number of urea groups is 1. The number of hydrogen-bond donors (Lipinski definition) is 3. The van der Waals surface area contributed by atoms with E-state index in [2.05, 4.69) is 50.3 Å². The second kappa shape index (κ2) is 12.0. The number of benzene rings is 4. The number of aromatic nitrogens is 4. The number of anilines is 2. The summed E-state index contributed by atoms with van der Waals surface area (Å²) in [6.07, 6.45) is 1.63. The highest BCUT2D eigenvalue weighted by atomic mass is 16.5. The van der Waals surface area contributed by atoms with E-state index in [4.69, 9.17) is 4.74 Å². The van der Waals surface area contributed by atoms with Gasteiger partial charge in [-0.05, 0) is 59.5 Å². The van der Waals surface area contributed by atoms with Gasteiger partial charge in [-0.1, -0.05) is 91.7 Å². The van der Waals surface area contributed by atoms with Gasteiger partial charge in [0.25, 0.3) is 0 Å². The average molecular weight is 519 g/mol. The molecule has 5 rings (SSSR count). The summed E-state index contributed by atoms with van der Waals surface area (Å²) in [7, 11) is 0. The van der Waals surface area contributed by atoms with Crippen molar-refractivity contribution in [2.75, 3.05) is 10.6 Å². The molecule has 2 amide bonds. The minimum Gasteiger partial charge on any atom is -0.484 e. The molecule has 0 bridgehead atoms. The van der Waals surface area contributed by atoms with Crippen LogP contribution in [-0.2, 0) is 0 Å². The summed E-state index contributed by atoms with van der Waals surface area (Å²) < 4.78 is 6.55. The minimum atomic E-state index is -0.362. The third-order valence-corrected chi connectivity index (χ3v) is 6.35. The predicted octanol–water partition coefficient (Wildman–Crippen LogP) is 7.41. The summed E-state index contributed by atoms with van der Waals surface area (Å²) in [5.41, 5.74) is 6.06. The highest BCUT2D eigenvalue weighted by Gasteiger charge is 2.18. The van der Waals surface area contributed by atoms with Crippen LogP contribution in [0.25, 0.3) is 22.5 Å². The number of nitrogens with zero attached hydrogens (tertiary/aromatic N) is 3. The van der Waals surface area contributed by atoms with E-state index in [0.717, 1.165) is 40.7 Å². The molecule has 5 aromatic rings. The lowest BCUT2D eigenvalue weighted by molar-refractivity contribution is 0.195. The first kappa shape index (κ1) is 25.7. The number of rotatable bonds is 9. The van der Waals surface area contributed by atoms with Crippen molar-refractivity contribution in [2.24, 2.45) is 0 Å². The Balaban J connectivity index is 1.50. The molecule has 0 aliphatic heterocycles. The first-order chi connectivity index (χ1) is 19.1.